The molecule has 1 aliphatic heterocycles. The van der Waals surface area contributed by atoms with Gasteiger partial charge in [-0.3, -0.25) is 9.69 Å². The van der Waals surface area contributed by atoms with Crippen molar-refractivity contribution >= 4 is 5.97 Å². The van der Waals surface area contributed by atoms with Crippen LogP contribution in [-0.4, -0.2) is 52.6 Å². The van der Waals surface area contributed by atoms with Crippen LogP contribution in [-0.2, 0) is 14.3 Å². The summed E-state index contributed by atoms with van der Waals surface area (Å²) >= 11 is 0. The van der Waals surface area contributed by atoms with Gasteiger partial charge in [-0.15, -0.1) is 0 Å². The van der Waals surface area contributed by atoms with Crippen LogP contribution in [0.25, 0.3) is 0 Å². The summed E-state index contributed by atoms with van der Waals surface area (Å²) in [7, 11) is 0. The van der Waals surface area contributed by atoms with Crippen LogP contribution in [0.1, 0.15) is 73.1 Å². The fourth-order valence-corrected chi connectivity index (χ4v) is 4.08. The summed E-state index contributed by atoms with van der Waals surface area (Å²) in [5.41, 5.74) is -1.00. The van der Waals surface area contributed by atoms with Crippen molar-refractivity contribution < 1.29 is 19.4 Å². The lowest BCUT2D eigenvalue weighted by Gasteiger charge is -2.41. The second kappa shape index (κ2) is 7.71. The maximum Gasteiger partial charge on any atom is 0.324 e. The van der Waals surface area contributed by atoms with Crippen LogP contribution in [0.4, 0.5) is 0 Å². The predicted octanol–water partition coefficient (Wildman–Crippen LogP) is 3.10. The summed E-state index contributed by atoms with van der Waals surface area (Å²) in [5, 5.41) is 9.24. The fourth-order valence-electron chi connectivity index (χ4n) is 4.08. The van der Waals surface area contributed by atoms with Crippen LogP contribution in [0.3, 0.4) is 0 Å². The molecule has 2 aliphatic rings. The number of esters is 1. The first kappa shape index (κ1) is 19.7. The van der Waals surface area contributed by atoms with Crippen LogP contribution in [0, 0.1) is 5.92 Å². The Morgan fingerprint density at radius 2 is 1.92 bits per heavy atom. The number of hydrogen-bond acceptors (Lipinski definition) is 5. The van der Waals surface area contributed by atoms with E-state index in [2.05, 4.69) is 4.90 Å². The van der Waals surface area contributed by atoms with Crippen molar-refractivity contribution in [2.24, 2.45) is 5.92 Å². The molecule has 5 nitrogen and oxygen atoms in total. The summed E-state index contributed by atoms with van der Waals surface area (Å²) in [6, 6.07) is -0.261. The Morgan fingerprint density at radius 3 is 2.46 bits per heavy atom. The topological polar surface area (TPSA) is 59.0 Å². The zero-order valence-corrected chi connectivity index (χ0v) is 16.0. The first-order valence-corrected chi connectivity index (χ1v) is 9.42. The Kier molecular flexibility index (Phi) is 6.32. The molecule has 1 aliphatic carbocycles. The first-order valence-electron chi connectivity index (χ1n) is 9.42. The molecule has 0 amide bonds. The van der Waals surface area contributed by atoms with Gasteiger partial charge in [-0.25, -0.2) is 0 Å². The average molecular weight is 341 g/mol. The van der Waals surface area contributed by atoms with Gasteiger partial charge in [0.05, 0.1) is 6.10 Å². The van der Waals surface area contributed by atoms with E-state index in [1.54, 1.807) is 0 Å². The molecule has 1 saturated heterocycles. The average Bonchev–Trinajstić information content (AvgIpc) is 2.73. The number of aliphatic hydroxyl groups excluding tert-OH is 1. The Labute approximate surface area is 146 Å². The van der Waals surface area contributed by atoms with Crippen LogP contribution in [0.5, 0.6) is 0 Å². The van der Waals surface area contributed by atoms with Gasteiger partial charge in [0.2, 0.25) is 0 Å². The van der Waals surface area contributed by atoms with E-state index in [0.717, 1.165) is 12.8 Å². The summed E-state index contributed by atoms with van der Waals surface area (Å²) in [6.45, 7) is 10.6. The van der Waals surface area contributed by atoms with Gasteiger partial charge in [-0.1, -0.05) is 19.3 Å². The standard InChI is InChI=1S/C19H35NO4/c1-18(2,3)24-17(22)16(14-9-7-6-8-10-14)20-13-15(11-12-21)23-19(20,4)5/h14-16,21H,6-13H2,1-5H3. The lowest BCUT2D eigenvalue weighted by atomic mass is 9.82. The molecule has 2 rings (SSSR count). The van der Waals surface area contributed by atoms with Crippen LogP contribution in [0.15, 0.2) is 0 Å². The monoisotopic (exact) mass is 341 g/mol. The van der Waals surface area contributed by atoms with Crippen LogP contribution >= 0.6 is 0 Å². The first-order chi connectivity index (χ1) is 11.1. The molecule has 0 spiro atoms. The van der Waals surface area contributed by atoms with E-state index >= 15 is 0 Å². The van der Waals surface area contributed by atoms with Gasteiger partial charge < -0.3 is 14.6 Å². The molecule has 1 N–H and O–H groups in total. The predicted molar refractivity (Wildman–Crippen MR) is 93.6 cm³/mol. The number of nitrogens with zero attached hydrogens (tertiary/aromatic N) is 1. The molecule has 1 saturated carbocycles. The number of carbonyl (C=O) groups is 1. The van der Waals surface area contributed by atoms with Crippen molar-refractivity contribution in [3.8, 4) is 0 Å². The minimum atomic E-state index is -0.515. The quantitative estimate of drug-likeness (QED) is 0.779. The highest BCUT2D eigenvalue weighted by molar-refractivity contribution is 5.77. The molecule has 1 heterocycles. The van der Waals surface area contributed by atoms with E-state index in [-0.39, 0.29) is 24.7 Å². The van der Waals surface area contributed by atoms with Gasteiger partial charge in [0.25, 0.3) is 0 Å². The van der Waals surface area contributed by atoms with Crippen molar-refractivity contribution in [3.05, 3.63) is 0 Å². The maximum atomic E-state index is 13.0. The van der Waals surface area contributed by atoms with E-state index < -0.39 is 11.3 Å². The summed E-state index contributed by atoms with van der Waals surface area (Å²) in [4.78, 5) is 15.2. The van der Waals surface area contributed by atoms with Gasteiger partial charge in [0.15, 0.2) is 0 Å². The van der Waals surface area contributed by atoms with E-state index in [4.69, 9.17) is 9.47 Å². The van der Waals surface area contributed by atoms with Crippen molar-refractivity contribution in [3.63, 3.8) is 0 Å². The molecule has 140 valence electrons. The minimum absolute atomic E-state index is 0.0291. The number of rotatable bonds is 5. The van der Waals surface area contributed by atoms with Crippen molar-refractivity contribution in [2.75, 3.05) is 13.2 Å². The van der Waals surface area contributed by atoms with Crippen LogP contribution < -0.4 is 0 Å². The molecule has 24 heavy (non-hydrogen) atoms. The molecule has 5 heteroatoms. The maximum absolute atomic E-state index is 13.0. The van der Waals surface area contributed by atoms with Crippen molar-refractivity contribution in [2.45, 2.75) is 96.6 Å². The van der Waals surface area contributed by atoms with Crippen molar-refractivity contribution in [1.82, 2.24) is 4.90 Å². The van der Waals surface area contributed by atoms with Crippen molar-refractivity contribution in [1.29, 1.82) is 0 Å². The number of aliphatic hydroxyl groups is 1. The zero-order valence-electron chi connectivity index (χ0n) is 16.0. The number of hydrogen-bond donors (Lipinski definition) is 1. The molecular weight excluding hydrogens is 306 g/mol. The molecule has 2 fully saturated rings. The zero-order chi connectivity index (χ0) is 18.0. The summed E-state index contributed by atoms with van der Waals surface area (Å²) < 4.78 is 11.9. The summed E-state index contributed by atoms with van der Waals surface area (Å²) in [5.74, 6) is 0.195. The Bertz CT molecular complexity index is 424. The third-order valence-electron chi connectivity index (χ3n) is 5.08. The molecule has 2 unspecified atom stereocenters. The Balaban J connectivity index is 2.22. The van der Waals surface area contributed by atoms with E-state index in [9.17, 15) is 9.90 Å². The van der Waals surface area contributed by atoms with Gasteiger partial charge in [-0.05, 0) is 59.8 Å². The lowest BCUT2D eigenvalue weighted by molar-refractivity contribution is -0.173. The number of ether oxygens (including phenoxy) is 2. The Hall–Kier alpha value is -0.650. The highest BCUT2D eigenvalue weighted by atomic mass is 16.6. The Morgan fingerprint density at radius 1 is 1.29 bits per heavy atom. The normalized spacial score (nSPS) is 27.2. The third-order valence-corrected chi connectivity index (χ3v) is 5.08. The lowest BCUT2D eigenvalue weighted by Crippen LogP contribution is -2.55. The smallest absolute Gasteiger partial charge is 0.324 e. The van der Waals surface area contributed by atoms with E-state index in [0.29, 0.717) is 18.9 Å². The van der Waals surface area contributed by atoms with E-state index in [1.807, 2.05) is 34.6 Å². The van der Waals surface area contributed by atoms with Crippen LogP contribution in [0.2, 0.25) is 0 Å². The second-order valence-electron chi connectivity index (χ2n) is 8.73. The largest absolute Gasteiger partial charge is 0.459 e. The molecule has 0 aromatic rings. The molecule has 0 aromatic carbocycles. The fraction of sp³-hybridized carbons (Fsp3) is 0.947. The van der Waals surface area contributed by atoms with Gasteiger partial charge in [0, 0.05) is 13.2 Å². The highest BCUT2D eigenvalue weighted by Gasteiger charge is 2.48. The highest BCUT2D eigenvalue weighted by Crippen LogP contribution is 2.37. The molecule has 0 aromatic heterocycles. The molecule has 0 bridgehead atoms. The van der Waals surface area contributed by atoms with E-state index in [1.165, 1.54) is 19.3 Å². The van der Waals surface area contributed by atoms with Gasteiger partial charge in [0.1, 0.15) is 17.4 Å². The second-order valence-corrected chi connectivity index (χ2v) is 8.73. The molecule has 0 radical (unpaired) electrons. The molecular formula is C19H35NO4. The minimum Gasteiger partial charge on any atom is -0.459 e. The SMILES string of the molecule is CC(C)(C)OC(=O)C(C1CCCCC1)N1CC(CCO)OC1(C)C. The third kappa shape index (κ3) is 4.93. The molecule has 2 atom stereocenters. The summed E-state index contributed by atoms with van der Waals surface area (Å²) in [6.07, 6.45) is 6.33. The van der Waals surface area contributed by atoms with Gasteiger partial charge >= 0.3 is 5.97 Å². The number of carbonyl (C=O) groups excluding carboxylic acids is 1. The van der Waals surface area contributed by atoms with Gasteiger partial charge in [-0.2, -0.15) is 0 Å².